The van der Waals surface area contributed by atoms with Crippen molar-refractivity contribution in [3.05, 3.63) is 129 Å². The largest absolute Gasteiger partial charge is 0.490 e. The number of para-hydroxylation sites is 1. The summed E-state index contributed by atoms with van der Waals surface area (Å²) in [6.45, 7) is 2.49. The highest BCUT2D eigenvalue weighted by Gasteiger charge is 2.40. The molecule has 0 aromatic heterocycles. The molecule has 1 atom stereocenters. The van der Waals surface area contributed by atoms with Crippen LogP contribution in [-0.2, 0) is 6.54 Å². The Bertz CT molecular complexity index is 1420. The first-order valence-electron chi connectivity index (χ1n) is 11.6. The molecule has 0 N–H and O–H groups in total. The van der Waals surface area contributed by atoms with Gasteiger partial charge < -0.3 is 9.64 Å². The molecule has 7 nitrogen and oxygen atoms in total. The fourth-order valence-corrected chi connectivity index (χ4v) is 4.67. The van der Waals surface area contributed by atoms with Crippen molar-refractivity contribution in [1.29, 1.82) is 0 Å². The van der Waals surface area contributed by atoms with Crippen molar-refractivity contribution in [2.45, 2.75) is 19.6 Å². The number of benzene rings is 4. The fourth-order valence-electron chi connectivity index (χ4n) is 4.67. The van der Waals surface area contributed by atoms with Crippen molar-refractivity contribution in [3.8, 4) is 5.75 Å². The van der Waals surface area contributed by atoms with Gasteiger partial charge in [0.2, 0.25) is 0 Å². The first kappa shape index (κ1) is 23.1. The molecule has 0 fully saturated rings. The molecule has 4 aromatic rings. The second kappa shape index (κ2) is 9.54. The average molecular weight is 480 g/mol. The molecule has 180 valence electrons. The minimum absolute atomic E-state index is 0.148. The van der Waals surface area contributed by atoms with Gasteiger partial charge in [0.25, 0.3) is 5.91 Å². The number of nitrogens with zero attached hydrogens (tertiary/aromatic N) is 3. The van der Waals surface area contributed by atoms with Crippen molar-refractivity contribution >= 4 is 23.0 Å². The summed E-state index contributed by atoms with van der Waals surface area (Å²) in [6, 6.07) is 30.1. The first-order valence-corrected chi connectivity index (χ1v) is 11.6. The van der Waals surface area contributed by atoms with Gasteiger partial charge in [0, 0.05) is 23.9 Å². The number of carbonyl (C=O) groups is 1. The van der Waals surface area contributed by atoms with Gasteiger partial charge in [-0.1, -0.05) is 66.2 Å². The van der Waals surface area contributed by atoms with E-state index < -0.39 is 11.1 Å². The van der Waals surface area contributed by atoms with Crippen molar-refractivity contribution in [1.82, 2.24) is 0 Å². The Morgan fingerprint density at radius 1 is 0.917 bits per heavy atom. The van der Waals surface area contributed by atoms with Crippen molar-refractivity contribution < 1.29 is 14.5 Å². The second-order valence-electron chi connectivity index (χ2n) is 8.70. The summed E-state index contributed by atoms with van der Waals surface area (Å²) in [5.74, 6) is 0.00465. The molecule has 7 heteroatoms. The van der Waals surface area contributed by atoms with Crippen LogP contribution in [0.3, 0.4) is 0 Å². The zero-order valence-electron chi connectivity index (χ0n) is 20.0. The van der Waals surface area contributed by atoms with Gasteiger partial charge in [0.15, 0.2) is 5.75 Å². The lowest BCUT2D eigenvalue weighted by atomic mass is 9.98. The second-order valence-corrected chi connectivity index (χ2v) is 8.70. The number of amides is 1. The molecule has 0 radical (unpaired) electrons. The van der Waals surface area contributed by atoms with Crippen molar-refractivity contribution in [3.63, 3.8) is 0 Å². The molecule has 36 heavy (non-hydrogen) atoms. The average Bonchev–Trinajstić information content (AvgIpc) is 2.91. The quantitative estimate of drug-likeness (QED) is 0.240. The number of ether oxygens (including phenoxy) is 1. The zero-order chi connectivity index (χ0) is 25.2. The van der Waals surface area contributed by atoms with E-state index in [2.05, 4.69) is 4.90 Å². The highest BCUT2D eigenvalue weighted by molar-refractivity contribution is 6.12. The van der Waals surface area contributed by atoms with Crippen LogP contribution in [0.5, 0.6) is 5.75 Å². The van der Waals surface area contributed by atoms with E-state index in [0.717, 1.165) is 16.8 Å². The number of nitro groups is 1. The van der Waals surface area contributed by atoms with Crippen LogP contribution in [0.1, 0.15) is 33.2 Å². The van der Waals surface area contributed by atoms with E-state index in [9.17, 15) is 14.9 Å². The summed E-state index contributed by atoms with van der Waals surface area (Å²) in [5.41, 5.74) is 4.65. The number of hydrogen-bond acceptors (Lipinski definition) is 5. The maximum absolute atomic E-state index is 14.0. The molecule has 0 unspecified atom stereocenters. The van der Waals surface area contributed by atoms with E-state index in [1.54, 1.807) is 17.0 Å². The zero-order valence-corrected chi connectivity index (χ0v) is 20.0. The summed E-state index contributed by atoms with van der Waals surface area (Å²) < 4.78 is 5.24. The first-order chi connectivity index (χ1) is 17.5. The normalized spacial score (nSPS) is 14.9. The van der Waals surface area contributed by atoms with Gasteiger partial charge in [-0.2, -0.15) is 0 Å². The molecule has 0 saturated carbocycles. The summed E-state index contributed by atoms with van der Waals surface area (Å²) in [6.07, 6.45) is -0.625. The Labute approximate surface area is 209 Å². The number of rotatable bonds is 6. The molecule has 1 heterocycles. The third kappa shape index (κ3) is 4.15. The van der Waals surface area contributed by atoms with Crippen molar-refractivity contribution in [2.75, 3.05) is 16.9 Å². The Hall–Kier alpha value is -4.65. The predicted octanol–water partition coefficient (Wildman–Crippen LogP) is 6.28. The molecule has 0 bridgehead atoms. The SMILES string of the molecule is COc1ccc([C@@H]2N(Cc3ccccc3)c3ccccc3C(=O)N2c2ccc(C)cc2)cc1[N+](=O)[O-]. The van der Waals surface area contributed by atoms with Gasteiger partial charge in [0.1, 0.15) is 6.17 Å². The van der Waals surface area contributed by atoms with E-state index in [0.29, 0.717) is 23.4 Å². The molecular weight excluding hydrogens is 454 g/mol. The number of methoxy groups -OCH3 is 1. The van der Waals surface area contributed by atoms with Crippen LogP contribution >= 0.6 is 0 Å². The topological polar surface area (TPSA) is 75.9 Å². The van der Waals surface area contributed by atoms with Gasteiger partial charge in [0.05, 0.1) is 23.3 Å². The van der Waals surface area contributed by atoms with E-state index >= 15 is 0 Å². The maximum atomic E-state index is 14.0. The van der Waals surface area contributed by atoms with Gasteiger partial charge >= 0.3 is 5.69 Å². The van der Waals surface area contributed by atoms with Gasteiger partial charge in [-0.15, -0.1) is 0 Å². The highest BCUT2D eigenvalue weighted by Crippen LogP contribution is 2.44. The Morgan fingerprint density at radius 3 is 2.31 bits per heavy atom. The number of fused-ring (bicyclic) bond motifs is 1. The van der Waals surface area contributed by atoms with Crippen LogP contribution in [0.25, 0.3) is 0 Å². The summed E-state index contributed by atoms with van der Waals surface area (Å²) >= 11 is 0. The lowest BCUT2D eigenvalue weighted by Crippen LogP contribution is -2.49. The lowest BCUT2D eigenvalue weighted by molar-refractivity contribution is -0.385. The van der Waals surface area contributed by atoms with Crippen LogP contribution in [0.15, 0.2) is 97.1 Å². The molecule has 5 rings (SSSR count). The minimum Gasteiger partial charge on any atom is -0.490 e. The number of nitro benzene ring substituents is 1. The standard InChI is InChI=1S/C29H25N3O4/c1-20-12-15-23(16-13-20)31-28(22-14-17-27(36-2)26(18-22)32(34)35)30(19-21-8-4-3-5-9-21)25-11-7-6-10-24(25)29(31)33/h3-18,28H,19H2,1-2H3/t28-/m1/s1. The van der Waals surface area contributed by atoms with E-state index in [4.69, 9.17) is 4.74 Å². The maximum Gasteiger partial charge on any atom is 0.311 e. The summed E-state index contributed by atoms with van der Waals surface area (Å²) in [5, 5.41) is 11.9. The third-order valence-corrected chi connectivity index (χ3v) is 6.41. The van der Waals surface area contributed by atoms with Crippen LogP contribution < -0.4 is 14.5 Å². The number of carbonyl (C=O) groups excluding carboxylic acids is 1. The number of aryl methyl sites for hydroxylation is 1. The van der Waals surface area contributed by atoms with E-state index in [-0.39, 0.29) is 17.3 Å². The molecule has 4 aromatic carbocycles. The molecule has 0 spiro atoms. The third-order valence-electron chi connectivity index (χ3n) is 6.41. The lowest BCUT2D eigenvalue weighted by Gasteiger charge is -2.46. The number of hydrogen-bond donors (Lipinski definition) is 0. The number of anilines is 2. The molecule has 0 saturated heterocycles. The molecule has 1 amide bonds. The molecule has 1 aliphatic heterocycles. The van der Waals surface area contributed by atoms with Gasteiger partial charge in [-0.05, 0) is 42.8 Å². The van der Waals surface area contributed by atoms with Crippen LogP contribution in [0, 0.1) is 17.0 Å². The van der Waals surface area contributed by atoms with Crippen molar-refractivity contribution in [2.24, 2.45) is 0 Å². The Morgan fingerprint density at radius 2 is 1.61 bits per heavy atom. The fraction of sp³-hybridized carbons (Fsp3) is 0.138. The molecule has 0 aliphatic carbocycles. The van der Waals surface area contributed by atoms with E-state index in [1.165, 1.54) is 13.2 Å². The van der Waals surface area contributed by atoms with Gasteiger partial charge in [-0.25, -0.2) is 0 Å². The Kier molecular flexibility index (Phi) is 6.12. The predicted molar refractivity (Wildman–Crippen MR) is 139 cm³/mol. The van der Waals surface area contributed by atoms with Crippen LogP contribution in [0.2, 0.25) is 0 Å². The molecular formula is C29H25N3O4. The molecule has 1 aliphatic rings. The highest BCUT2D eigenvalue weighted by atomic mass is 16.6. The Balaban J connectivity index is 1.75. The smallest absolute Gasteiger partial charge is 0.311 e. The van der Waals surface area contributed by atoms with Crippen LogP contribution in [-0.4, -0.2) is 17.9 Å². The minimum atomic E-state index is -0.625. The summed E-state index contributed by atoms with van der Waals surface area (Å²) in [7, 11) is 1.41. The van der Waals surface area contributed by atoms with Gasteiger partial charge in [-0.3, -0.25) is 19.8 Å². The van der Waals surface area contributed by atoms with Crippen LogP contribution in [0.4, 0.5) is 17.1 Å². The summed E-state index contributed by atoms with van der Waals surface area (Å²) in [4.78, 5) is 29.2. The van der Waals surface area contributed by atoms with E-state index in [1.807, 2.05) is 85.8 Å². The monoisotopic (exact) mass is 479 g/mol.